The summed E-state index contributed by atoms with van der Waals surface area (Å²) in [6.45, 7) is 8.85. The van der Waals surface area contributed by atoms with Gasteiger partial charge in [-0.2, -0.15) is 0 Å². The molecule has 4 heteroatoms. The van der Waals surface area contributed by atoms with Crippen molar-refractivity contribution in [2.75, 3.05) is 20.1 Å². The van der Waals surface area contributed by atoms with Gasteiger partial charge in [-0.3, -0.25) is 0 Å². The molecule has 0 aromatic heterocycles. The lowest BCUT2D eigenvalue weighted by Gasteiger charge is -2.23. The first-order valence-corrected chi connectivity index (χ1v) is 6.53. The third-order valence-corrected chi connectivity index (χ3v) is 2.97. The van der Waals surface area contributed by atoms with Gasteiger partial charge in [-0.15, -0.1) is 0 Å². The molecule has 0 fully saturated rings. The standard InChI is InChI=1S/C14H22ClFN2/c1-14(2,3)17-7-8-18(4)10-11-9-12(16)5-6-13(11)15/h5-6,9,17H,7-8,10H2,1-4H3. The van der Waals surface area contributed by atoms with E-state index in [1.807, 2.05) is 7.05 Å². The third-order valence-electron chi connectivity index (χ3n) is 2.60. The normalized spacial score (nSPS) is 12.2. The summed E-state index contributed by atoms with van der Waals surface area (Å²) in [5.74, 6) is -0.240. The molecule has 0 saturated carbocycles. The van der Waals surface area contributed by atoms with Crippen LogP contribution >= 0.6 is 11.6 Å². The Bertz CT molecular complexity index is 388. The van der Waals surface area contributed by atoms with E-state index < -0.39 is 0 Å². The van der Waals surface area contributed by atoms with Gasteiger partial charge in [0.05, 0.1) is 0 Å². The molecule has 0 aliphatic rings. The van der Waals surface area contributed by atoms with Gasteiger partial charge >= 0.3 is 0 Å². The van der Waals surface area contributed by atoms with Gasteiger partial charge in [0.2, 0.25) is 0 Å². The lowest BCUT2D eigenvalue weighted by Crippen LogP contribution is -2.40. The highest BCUT2D eigenvalue weighted by Gasteiger charge is 2.09. The molecule has 0 spiro atoms. The minimum atomic E-state index is -0.240. The van der Waals surface area contributed by atoms with Crippen molar-refractivity contribution in [3.63, 3.8) is 0 Å². The first-order valence-electron chi connectivity index (χ1n) is 6.15. The summed E-state index contributed by atoms with van der Waals surface area (Å²) in [4.78, 5) is 2.12. The van der Waals surface area contributed by atoms with Gasteiger partial charge in [0.1, 0.15) is 5.82 Å². The fourth-order valence-electron chi connectivity index (χ4n) is 1.66. The van der Waals surface area contributed by atoms with Crippen LogP contribution in [0.15, 0.2) is 18.2 Å². The van der Waals surface area contributed by atoms with Crippen molar-refractivity contribution < 1.29 is 4.39 Å². The molecule has 2 nitrogen and oxygen atoms in total. The first-order chi connectivity index (χ1) is 8.28. The van der Waals surface area contributed by atoms with Gasteiger partial charge in [0.25, 0.3) is 0 Å². The molecule has 0 unspecified atom stereocenters. The molecule has 1 rings (SSSR count). The molecule has 102 valence electrons. The second kappa shape index (κ2) is 6.50. The highest BCUT2D eigenvalue weighted by atomic mass is 35.5. The second-order valence-electron chi connectivity index (χ2n) is 5.65. The van der Waals surface area contributed by atoms with Crippen molar-refractivity contribution in [1.29, 1.82) is 0 Å². The molecule has 0 bridgehead atoms. The van der Waals surface area contributed by atoms with Gasteiger partial charge in [-0.05, 0) is 51.6 Å². The topological polar surface area (TPSA) is 15.3 Å². The zero-order valence-electron chi connectivity index (χ0n) is 11.6. The molecule has 0 amide bonds. The molecule has 0 atom stereocenters. The van der Waals surface area contributed by atoms with Crippen LogP contribution in [-0.4, -0.2) is 30.6 Å². The number of benzene rings is 1. The summed E-state index contributed by atoms with van der Waals surface area (Å²) in [5.41, 5.74) is 0.951. The van der Waals surface area contributed by atoms with E-state index in [0.717, 1.165) is 18.7 Å². The number of rotatable bonds is 5. The van der Waals surface area contributed by atoms with Crippen LogP contribution in [0.2, 0.25) is 5.02 Å². The summed E-state index contributed by atoms with van der Waals surface area (Å²) in [6, 6.07) is 4.48. The molecule has 0 aliphatic carbocycles. The first kappa shape index (κ1) is 15.4. The van der Waals surface area contributed by atoms with Crippen LogP contribution in [0.1, 0.15) is 26.3 Å². The fourth-order valence-corrected chi connectivity index (χ4v) is 1.83. The van der Waals surface area contributed by atoms with E-state index in [9.17, 15) is 4.39 Å². The van der Waals surface area contributed by atoms with E-state index in [-0.39, 0.29) is 11.4 Å². The van der Waals surface area contributed by atoms with Crippen molar-refractivity contribution in [3.8, 4) is 0 Å². The SMILES string of the molecule is CN(CCNC(C)(C)C)Cc1cc(F)ccc1Cl. The van der Waals surface area contributed by atoms with Gasteiger partial charge in [0.15, 0.2) is 0 Å². The Kier molecular flexibility index (Phi) is 5.57. The predicted molar refractivity (Wildman–Crippen MR) is 75.5 cm³/mol. The lowest BCUT2D eigenvalue weighted by atomic mass is 10.1. The molecule has 0 aliphatic heterocycles. The van der Waals surface area contributed by atoms with Crippen molar-refractivity contribution >= 4 is 11.6 Å². The molecule has 0 saturated heterocycles. The van der Waals surface area contributed by atoms with Crippen LogP contribution in [0, 0.1) is 5.82 Å². The summed E-state index contributed by atoms with van der Waals surface area (Å²) in [7, 11) is 2.01. The fraction of sp³-hybridized carbons (Fsp3) is 0.571. The van der Waals surface area contributed by atoms with E-state index in [1.54, 1.807) is 6.07 Å². The molecule has 0 radical (unpaired) electrons. The summed E-state index contributed by atoms with van der Waals surface area (Å²) in [5, 5.41) is 4.03. The number of nitrogens with zero attached hydrogens (tertiary/aromatic N) is 1. The Balaban J connectivity index is 2.44. The Morgan fingerprint density at radius 2 is 2.00 bits per heavy atom. The molecule has 1 N–H and O–H groups in total. The predicted octanol–water partition coefficient (Wildman–Crippen LogP) is 3.30. The van der Waals surface area contributed by atoms with Gasteiger partial charge < -0.3 is 10.2 Å². The number of halogens is 2. The highest BCUT2D eigenvalue weighted by Crippen LogP contribution is 2.18. The molecular formula is C14H22ClFN2. The van der Waals surface area contributed by atoms with Crippen LogP contribution in [-0.2, 0) is 6.54 Å². The molecule has 0 heterocycles. The van der Waals surface area contributed by atoms with Gasteiger partial charge in [-0.1, -0.05) is 11.6 Å². The smallest absolute Gasteiger partial charge is 0.123 e. The van der Waals surface area contributed by atoms with Gasteiger partial charge in [0, 0.05) is 30.2 Å². The van der Waals surface area contributed by atoms with Crippen LogP contribution in [0.5, 0.6) is 0 Å². The number of hydrogen-bond donors (Lipinski definition) is 1. The number of nitrogens with one attached hydrogen (secondary N) is 1. The van der Waals surface area contributed by atoms with E-state index >= 15 is 0 Å². The molecule has 1 aromatic carbocycles. The van der Waals surface area contributed by atoms with E-state index in [0.29, 0.717) is 11.6 Å². The summed E-state index contributed by atoms with van der Waals surface area (Å²) < 4.78 is 13.1. The quantitative estimate of drug-likeness (QED) is 0.885. The maximum absolute atomic E-state index is 13.1. The van der Waals surface area contributed by atoms with E-state index in [2.05, 4.69) is 31.0 Å². The minimum Gasteiger partial charge on any atom is -0.311 e. The van der Waals surface area contributed by atoms with Crippen LogP contribution < -0.4 is 5.32 Å². The number of likely N-dealkylation sites (N-methyl/N-ethyl adjacent to an activating group) is 1. The second-order valence-corrected chi connectivity index (χ2v) is 6.06. The van der Waals surface area contributed by atoms with Crippen LogP contribution in [0.25, 0.3) is 0 Å². The summed E-state index contributed by atoms with van der Waals surface area (Å²) in [6.07, 6.45) is 0. The summed E-state index contributed by atoms with van der Waals surface area (Å²) >= 11 is 6.04. The van der Waals surface area contributed by atoms with E-state index in [4.69, 9.17) is 11.6 Å². The number of hydrogen-bond acceptors (Lipinski definition) is 2. The Morgan fingerprint density at radius 1 is 1.33 bits per heavy atom. The van der Waals surface area contributed by atoms with Crippen LogP contribution in [0.3, 0.4) is 0 Å². The van der Waals surface area contributed by atoms with E-state index in [1.165, 1.54) is 12.1 Å². The van der Waals surface area contributed by atoms with Crippen molar-refractivity contribution in [3.05, 3.63) is 34.6 Å². The molecular weight excluding hydrogens is 251 g/mol. The van der Waals surface area contributed by atoms with Crippen molar-refractivity contribution in [1.82, 2.24) is 10.2 Å². The van der Waals surface area contributed by atoms with Gasteiger partial charge in [-0.25, -0.2) is 4.39 Å². The lowest BCUT2D eigenvalue weighted by molar-refractivity contribution is 0.303. The average Bonchev–Trinajstić information content (AvgIpc) is 2.21. The average molecular weight is 273 g/mol. The Hall–Kier alpha value is -0.640. The maximum atomic E-state index is 13.1. The monoisotopic (exact) mass is 272 g/mol. The Morgan fingerprint density at radius 3 is 2.61 bits per heavy atom. The molecule has 1 aromatic rings. The zero-order chi connectivity index (χ0) is 13.8. The minimum absolute atomic E-state index is 0.122. The Labute approximate surface area is 114 Å². The van der Waals surface area contributed by atoms with Crippen molar-refractivity contribution in [2.45, 2.75) is 32.9 Å². The maximum Gasteiger partial charge on any atom is 0.123 e. The third kappa shape index (κ3) is 5.80. The highest BCUT2D eigenvalue weighted by molar-refractivity contribution is 6.31. The molecule has 18 heavy (non-hydrogen) atoms. The zero-order valence-corrected chi connectivity index (χ0v) is 12.3. The van der Waals surface area contributed by atoms with Crippen LogP contribution in [0.4, 0.5) is 4.39 Å². The van der Waals surface area contributed by atoms with Crippen molar-refractivity contribution in [2.24, 2.45) is 0 Å². The largest absolute Gasteiger partial charge is 0.311 e.